The number of carbonyl (C=O) groups excluding carboxylic acids is 2. The Labute approximate surface area is 98.6 Å². The average Bonchev–Trinajstić information content (AvgIpc) is 3.12. The van der Waals surface area contributed by atoms with Crippen LogP contribution in [0.5, 0.6) is 0 Å². The highest BCUT2D eigenvalue weighted by molar-refractivity contribution is 5.96. The normalized spacial score (nSPS) is 18.2. The number of aromatic nitrogens is 1. The molecule has 2 amide bonds. The molecule has 1 saturated carbocycles. The molecular weight excluding hydrogens is 218 g/mol. The van der Waals surface area contributed by atoms with Crippen molar-refractivity contribution in [1.82, 2.24) is 10.3 Å². The Morgan fingerprint density at radius 1 is 1.41 bits per heavy atom. The second-order valence-corrected chi connectivity index (χ2v) is 4.53. The highest BCUT2D eigenvalue weighted by Gasteiger charge is 2.24. The van der Waals surface area contributed by atoms with Gasteiger partial charge in [-0.05, 0) is 30.9 Å². The number of nitrogens with zero attached hydrogens (tertiary/aromatic N) is 1. The summed E-state index contributed by atoms with van der Waals surface area (Å²) in [5.74, 6) is 0.504. The molecule has 1 aliphatic carbocycles. The van der Waals surface area contributed by atoms with E-state index in [0.717, 1.165) is 18.4 Å². The Kier molecular flexibility index (Phi) is 2.31. The van der Waals surface area contributed by atoms with Gasteiger partial charge in [-0.1, -0.05) is 0 Å². The summed E-state index contributed by atoms with van der Waals surface area (Å²) in [5, 5.41) is 5.62. The molecule has 0 atom stereocenters. The summed E-state index contributed by atoms with van der Waals surface area (Å²) in [6, 6.07) is 2.16. The van der Waals surface area contributed by atoms with Crippen molar-refractivity contribution in [3.63, 3.8) is 0 Å². The van der Waals surface area contributed by atoms with Crippen LogP contribution in [0, 0.1) is 0 Å². The first-order valence-electron chi connectivity index (χ1n) is 5.82. The molecule has 17 heavy (non-hydrogen) atoms. The molecule has 1 aromatic heterocycles. The first-order chi connectivity index (χ1) is 8.22. The second kappa shape index (κ2) is 3.84. The van der Waals surface area contributed by atoms with Gasteiger partial charge in [0, 0.05) is 18.7 Å². The average molecular weight is 231 g/mol. The van der Waals surface area contributed by atoms with E-state index in [9.17, 15) is 9.59 Å². The molecule has 0 aromatic carbocycles. The maximum atomic E-state index is 11.8. The van der Waals surface area contributed by atoms with Crippen molar-refractivity contribution in [1.29, 1.82) is 0 Å². The van der Waals surface area contributed by atoms with Crippen molar-refractivity contribution < 1.29 is 9.59 Å². The number of aryl methyl sites for hydroxylation is 1. The summed E-state index contributed by atoms with van der Waals surface area (Å²) in [6.07, 6.45) is 4.77. The quantitative estimate of drug-likeness (QED) is 0.793. The Morgan fingerprint density at radius 3 is 3.00 bits per heavy atom. The van der Waals surface area contributed by atoms with Gasteiger partial charge in [0.05, 0.1) is 5.56 Å². The number of pyridine rings is 1. The molecule has 0 saturated heterocycles. The Morgan fingerprint density at radius 2 is 2.24 bits per heavy atom. The SMILES string of the molecule is O=C1CCc2cc(C(=O)NC3CC3)cnc2N1. The van der Waals surface area contributed by atoms with Crippen LogP contribution in [0.1, 0.15) is 35.2 Å². The fraction of sp³-hybridized carbons (Fsp3) is 0.417. The minimum Gasteiger partial charge on any atom is -0.349 e. The summed E-state index contributed by atoms with van der Waals surface area (Å²) in [5.41, 5.74) is 1.51. The Hall–Kier alpha value is -1.91. The maximum absolute atomic E-state index is 11.8. The first-order valence-corrected chi connectivity index (χ1v) is 5.82. The molecule has 5 heteroatoms. The Bertz CT molecular complexity index is 495. The monoisotopic (exact) mass is 231 g/mol. The van der Waals surface area contributed by atoms with Crippen LogP contribution >= 0.6 is 0 Å². The lowest BCUT2D eigenvalue weighted by Crippen LogP contribution is -2.26. The van der Waals surface area contributed by atoms with Gasteiger partial charge in [-0.15, -0.1) is 0 Å². The number of carbonyl (C=O) groups is 2. The second-order valence-electron chi connectivity index (χ2n) is 4.53. The van der Waals surface area contributed by atoms with Gasteiger partial charge in [0.1, 0.15) is 5.82 Å². The molecule has 0 radical (unpaired) electrons. The molecule has 2 aliphatic rings. The van der Waals surface area contributed by atoms with Gasteiger partial charge in [0.25, 0.3) is 5.91 Å². The van der Waals surface area contributed by atoms with Crippen LogP contribution in [0.15, 0.2) is 12.3 Å². The zero-order valence-corrected chi connectivity index (χ0v) is 9.32. The third kappa shape index (κ3) is 2.13. The van der Waals surface area contributed by atoms with Crippen LogP contribution in [0.4, 0.5) is 5.82 Å². The predicted octanol–water partition coefficient (Wildman–Crippen LogP) is 0.859. The van der Waals surface area contributed by atoms with Crippen LogP contribution in [-0.2, 0) is 11.2 Å². The van der Waals surface area contributed by atoms with Gasteiger partial charge in [-0.25, -0.2) is 4.98 Å². The van der Waals surface area contributed by atoms with Gasteiger partial charge in [-0.2, -0.15) is 0 Å². The summed E-state index contributed by atoms with van der Waals surface area (Å²) in [7, 11) is 0. The van der Waals surface area contributed by atoms with E-state index < -0.39 is 0 Å². The molecule has 2 N–H and O–H groups in total. The maximum Gasteiger partial charge on any atom is 0.253 e. The van der Waals surface area contributed by atoms with Crippen molar-refractivity contribution in [3.8, 4) is 0 Å². The van der Waals surface area contributed by atoms with Crippen molar-refractivity contribution in [2.24, 2.45) is 0 Å². The number of hydrogen-bond acceptors (Lipinski definition) is 3. The van der Waals surface area contributed by atoms with Crippen molar-refractivity contribution in [2.45, 2.75) is 31.7 Å². The van der Waals surface area contributed by atoms with Gasteiger partial charge < -0.3 is 10.6 Å². The topological polar surface area (TPSA) is 71.1 Å². The van der Waals surface area contributed by atoms with E-state index in [2.05, 4.69) is 15.6 Å². The minimum atomic E-state index is -0.0697. The van der Waals surface area contributed by atoms with Crippen molar-refractivity contribution >= 4 is 17.6 Å². The minimum absolute atomic E-state index is 0.0137. The standard InChI is InChI=1S/C12H13N3O2/c16-10-4-1-7-5-8(6-13-11(7)15-10)12(17)14-9-2-3-9/h5-6,9H,1-4H2,(H,14,17)(H,13,15,16). The molecule has 1 aliphatic heterocycles. The number of hydrogen-bond donors (Lipinski definition) is 2. The number of anilines is 1. The molecule has 88 valence electrons. The van der Waals surface area contributed by atoms with E-state index >= 15 is 0 Å². The summed E-state index contributed by atoms with van der Waals surface area (Å²) in [6.45, 7) is 0. The third-order valence-corrected chi connectivity index (χ3v) is 3.02. The molecule has 3 rings (SSSR count). The van der Waals surface area contributed by atoms with Crippen LogP contribution in [-0.4, -0.2) is 22.8 Å². The number of amides is 2. The van der Waals surface area contributed by atoms with Crippen molar-refractivity contribution in [3.05, 3.63) is 23.4 Å². The fourth-order valence-corrected chi connectivity index (χ4v) is 1.88. The van der Waals surface area contributed by atoms with E-state index in [0.29, 0.717) is 30.3 Å². The number of rotatable bonds is 2. The summed E-state index contributed by atoms with van der Waals surface area (Å²) < 4.78 is 0. The van der Waals surface area contributed by atoms with Gasteiger partial charge in [-0.3, -0.25) is 9.59 Å². The lowest BCUT2D eigenvalue weighted by molar-refractivity contribution is -0.116. The number of nitrogens with one attached hydrogen (secondary N) is 2. The molecule has 1 fully saturated rings. The smallest absolute Gasteiger partial charge is 0.253 e. The lowest BCUT2D eigenvalue weighted by atomic mass is 10.0. The highest BCUT2D eigenvalue weighted by atomic mass is 16.2. The van der Waals surface area contributed by atoms with Gasteiger partial charge >= 0.3 is 0 Å². The molecule has 2 heterocycles. The largest absolute Gasteiger partial charge is 0.349 e. The zero-order valence-electron chi connectivity index (χ0n) is 9.32. The molecule has 5 nitrogen and oxygen atoms in total. The lowest BCUT2D eigenvalue weighted by Gasteiger charge is -2.16. The molecule has 0 unspecified atom stereocenters. The molecule has 0 spiro atoms. The zero-order chi connectivity index (χ0) is 11.8. The highest BCUT2D eigenvalue weighted by Crippen LogP contribution is 2.22. The third-order valence-electron chi connectivity index (χ3n) is 3.02. The summed E-state index contributed by atoms with van der Waals surface area (Å²) >= 11 is 0. The van der Waals surface area contributed by atoms with E-state index in [4.69, 9.17) is 0 Å². The van der Waals surface area contributed by atoms with E-state index in [1.807, 2.05) is 6.07 Å². The molecule has 0 bridgehead atoms. The van der Waals surface area contributed by atoms with E-state index in [-0.39, 0.29) is 11.8 Å². The van der Waals surface area contributed by atoms with Gasteiger partial charge in [0.15, 0.2) is 0 Å². The Balaban J connectivity index is 1.82. The fourth-order valence-electron chi connectivity index (χ4n) is 1.88. The van der Waals surface area contributed by atoms with Crippen LogP contribution in [0.3, 0.4) is 0 Å². The van der Waals surface area contributed by atoms with Crippen LogP contribution < -0.4 is 10.6 Å². The predicted molar refractivity (Wildman–Crippen MR) is 61.7 cm³/mol. The molecule has 1 aromatic rings. The van der Waals surface area contributed by atoms with Gasteiger partial charge in [0.2, 0.25) is 5.91 Å². The van der Waals surface area contributed by atoms with E-state index in [1.165, 1.54) is 6.20 Å². The first kappa shape index (κ1) is 10.3. The van der Waals surface area contributed by atoms with Crippen LogP contribution in [0.2, 0.25) is 0 Å². The summed E-state index contributed by atoms with van der Waals surface area (Å²) in [4.78, 5) is 27.1. The van der Waals surface area contributed by atoms with Crippen molar-refractivity contribution in [2.75, 3.05) is 5.32 Å². The van der Waals surface area contributed by atoms with Crippen LogP contribution in [0.25, 0.3) is 0 Å². The molecular formula is C12H13N3O2. The van der Waals surface area contributed by atoms with E-state index in [1.54, 1.807) is 0 Å². The number of fused-ring (bicyclic) bond motifs is 1.